The minimum Gasteiger partial charge on any atom is -0.508 e. The molecule has 1 N–H and O–H groups in total. The highest BCUT2D eigenvalue weighted by atomic mass is 16.5. The number of esters is 1. The molecule has 0 aliphatic heterocycles. The molecule has 2 aromatic rings. The molecule has 0 bridgehead atoms. The van der Waals surface area contributed by atoms with Crippen LogP contribution in [-0.4, -0.2) is 11.1 Å². The van der Waals surface area contributed by atoms with Crippen LogP contribution >= 0.6 is 0 Å². The number of carbonyl (C=O) groups is 1. The average Bonchev–Trinajstić information content (AvgIpc) is 2.38. The highest BCUT2D eigenvalue weighted by Gasteiger charge is 2.27. The van der Waals surface area contributed by atoms with Gasteiger partial charge in [-0.1, -0.05) is 19.1 Å². The number of phenols is 1. The number of aromatic hydroxyl groups is 1. The van der Waals surface area contributed by atoms with Gasteiger partial charge in [0.15, 0.2) is 0 Å². The molecule has 0 heterocycles. The van der Waals surface area contributed by atoms with Crippen molar-refractivity contribution in [3.05, 3.63) is 36.4 Å². The maximum absolute atomic E-state index is 12.1. The Balaban J connectivity index is 2.39. The summed E-state index contributed by atoms with van der Waals surface area (Å²) in [6, 6.07) is 10.4. The quantitative estimate of drug-likeness (QED) is 0.671. The van der Waals surface area contributed by atoms with Gasteiger partial charge in [0.2, 0.25) is 0 Å². The minimum atomic E-state index is -0.501. The van der Waals surface area contributed by atoms with E-state index in [2.05, 4.69) is 0 Å². The number of hydrogen-bond donors (Lipinski definition) is 1. The lowest BCUT2D eigenvalue weighted by atomic mass is 9.91. The molecule has 2 aromatic carbocycles. The van der Waals surface area contributed by atoms with Crippen molar-refractivity contribution in [2.24, 2.45) is 5.41 Å². The molecule has 3 heteroatoms. The van der Waals surface area contributed by atoms with Gasteiger partial charge in [0, 0.05) is 5.39 Å². The van der Waals surface area contributed by atoms with Crippen LogP contribution in [0, 0.1) is 5.41 Å². The molecular weight excluding hydrogens is 240 g/mol. The Morgan fingerprint density at radius 2 is 2.00 bits per heavy atom. The lowest BCUT2D eigenvalue weighted by molar-refractivity contribution is -0.144. The Hall–Kier alpha value is -2.03. The first kappa shape index (κ1) is 13.4. The van der Waals surface area contributed by atoms with Gasteiger partial charge >= 0.3 is 5.97 Å². The summed E-state index contributed by atoms with van der Waals surface area (Å²) >= 11 is 0. The molecule has 0 radical (unpaired) electrons. The molecule has 19 heavy (non-hydrogen) atoms. The molecular formula is C16H18O3. The van der Waals surface area contributed by atoms with Gasteiger partial charge in [0.05, 0.1) is 5.41 Å². The number of carbonyl (C=O) groups excluding carboxylic acids is 1. The van der Waals surface area contributed by atoms with E-state index >= 15 is 0 Å². The minimum absolute atomic E-state index is 0.199. The fraction of sp³-hybridized carbons (Fsp3) is 0.312. The zero-order valence-electron chi connectivity index (χ0n) is 11.4. The van der Waals surface area contributed by atoms with E-state index in [0.29, 0.717) is 5.75 Å². The Kier molecular flexibility index (Phi) is 3.47. The Morgan fingerprint density at radius 3 is 2.68 bits per heavy atom. The van der Waals surface area contributed by atoms with E-state index in [1.54, 1.807) is 24.3 Å². The lowest BCUT2D eigenvalue weighted by Crippen LogP contribution is -2.28. The fourth-order valence-corrected chi connectivity index (χ4v) is 1.71. The second-order valence-corrected chi connectivity index (χ2v) is 5.29. The van der Waals surface area contributed by atoms with E-state index in [9.17, 15) is 9.90 Å². The second-order valence-electron chi connectivity index (χ2n) is 5.29. The monoisotopic (exact) mass is 258 g/mol. The van der Waals surface area contributed by atoms with E-state index in [1.807, 2.05) is 32.9 Å². The van der Waals surface area contributed by atoms with E-state index in [0.717, 1.165) is 17.2 Å². The smallest absolute Gasteiger partial charge is 0.316 e. The molecule has 0 saturated heterocycles. The summed E-state index contributed by atoms with van der Waals surface area (Å²) < 4.78 is 5.50. The highest BCUT2D eigenvalue weighted by Crippen LogP contribution is 2.30. The van der Waals surface area contributed by atoms with E-state index in [4.69, 9.17) is 4.74 Å². The van der Waals surface area contributed by atoms with Crippen molar-refractivity contribution in [2.45, 2.75) is 27.2 Å². The van der Waals surface area contributed by atoms with Crippen LogP contribution < -0.4 is 4.74 Å². The van der Waals surface area contributed by atoms with Gasteiger partial charge in [-0.15, -0.1) is 0 Å². The SMILES string of the molecule is CCC(C)(C)C(=O)Oc1cccc2cc(O)ccc12. The molecule has 0 aliphatic rings. The van der Waals surface area contributed by atoms with E-state index in [-0.39, 0.29) is 11.7 Å². The summed E-state index contributed by atoms with van der Waals surface area (Å²) in [7, 11) is 0. The maximum Gasteiger partial charge on any atom is 0.316 e. The summed E-state index contributed by atoms with van der Waals surface area (Å²) in [4.78, 5) is 12.1. The van der Waals surface area contributed by atoms with Crippen LogP contribution in [0.5, 0.6) is 11.5 Å². The molecule has 0 aliphatic carbocycles. The first-order valence-corrected chi connectivity index (χ1v) is 6.38. The molecule has 0 unspecified atom stereocenters. The largest absolute Gasteiger partial charge is 0.508 e. The summed E-state index contributed by atoms with van der Waals surface area (Å²) in [6.45, 7) is 5.70. The van der Waals surface area contributed by atoms with Crippen LogP contribution in [0.4, 0.5) is 0 Å². The van der Waals surface area contributed by atoms with Crippen molar-refractivity contribution in [1.82, 2.24) is 0 Å². The third kappa shape index (κ3) is 2.70. The zero-order chi connectivity index (χ0) is 14.0. The van der Waals surface area contributed by atoms with Gasteiger partial charge in [-0.05, 0) is 49.9 Å². The third-order valence-corrected chi connectivity index (χ3v) is 3.46. The van der Waals surface area contributed by atoms with Crippen LogP contribution in [0.25, 0.3) is 10.8 Å². The van der Waals surface area contributed by atoms with E-state index < -0.39 is 5.41 Å². The Morgan fingerprint density at radius 1 is 1.26 bits per heavy atom. The number of benzene rings is 2. The van der Waals surface area contributed by atoms with Gasteiger partial charge in [-0.25, -0.2) is 0 Å². The van der Waals surface area contributed by atoms with Gasteiger partial charge in [-0.3, -0.25) is 4.79 Å². The predicted molar refractivity (Wildman–Crippen MR) is 75.3 cm³/mol. The standard InChI is InChI=1S/C16H18O3/c1-4-16(2,3)15(18)19-14-7-5-6-11-10-12(17)8-9-13(11)14/h5-10,17H,4H2,1-3H3. The van der Waals surface area contributed by atoms with Gasteiger partial charge in [-0.2, -0.15) is 0 Å². The second kappa shape index (κ2) is 4.92. The van der Waals surface area contributed by atoms with Crippen molar-refractivity contribution >= 4 is 16.7 Å². The number of ether oxygens (including phenoxy) is 1. The first-order valence-electron chi connectivity index (χ1n) is 6.38. The van der Waals surface area contributed by atoms with E-state index in [1.165, 1.54) is 0 Å². The van der Waals surface area contributed by atoms with Gasteiger partial charge in [0.1, 0.15) is 11.5 Å². The molecule has 0 aromatic heterocycles. The van der Waals surface area contributed by atoms with Crippen molar-refractivity contribution in [1.29, 1.82) is 0 Å². The van der Waals surface area contributed by atoms with Gasteiger partial charge < -0.3 is 9.84 Å². The number of fused-ring (bicyclic) bond motifs is 1. The molecule has 2 rings (SSSR count). The van der Waals surface area contributed by atoms with Crippen LogP contribution in [0.3, 0.4) is 0 Å². The molecule has 0 spiro atoms. The lowest BCUT2D eigenvalue weighted by Gasteiger charge is -2.20. The van der Waals surface area contributed by atoms with Crippen molar-refractivity contribution in [3.63, 3.8) is 0 Å². The Bertz CT molecular complexity index is 614. The fourth-order valence-electron chi connectivity index (χ4n) is 1.71. The van der Waals surface area contributed by atoms with Gasteiger partial charge in [0.25, 0.3) is 0 Å². The predicted octanol–water partition coefficient (Wildman–Crippen LogP) is 3.89. The Labute approximate surface area is 112 Å². The molecule has 100 valence electrons. The first-order chi connectivity index (χ1) is 8.94. The van der Waals surface area contributed by atoms with Crippen LogP contribution in [0.1, 0.15) is 27.2 Å². The third-order valence-electron chi connectivity index (χ3n) is 3.46. The molecule has 3 nitrogen and oxygen atoms in total. The number of rotatable bonds is 3. The maximum atomic E-state index is 12.1. The molecule has 0 amide bonds. The summed E-state index contributed by atoms with van der Waals surface area (Å²) in [6.07, 6.45) is 0.720. The summed E-state index contributed by atoms with van der Waals surface area (Å²) in [5, 5.41) is 11.1. The van der Waals surface area contributed by atoms with Crippen molar-refractivity contribution in [3.8, 4) is 11.5 Å². The molecule has 0 saturated carbocycles. The van der Waals surface area contributed by atoms with Crippen molar-refractivity contribution in [2.75, 3.05) is 0 Å². The highest BCUT2D eigenvalue weighted by molar-refractivity contribution is 5.92. The molecule has 0 fully saturated rings. The topological polar surface area (TPSA) is 46.5 Å². The zero-order valence-corrected chi connectivity index (χ0v) is 11.4. The normalized spacial score (nSPS) is 11.5. The average molecular weight is 258 g/mol. The number of hydrogen-bond acceptors (Lipinski definition) is 3. The van der Waals surface area contributed by atoms with Crippen LogP contribution in [0.15, 0.2) is 36.4 Å². The summed E-state index contributed by atoms with van der Waals surface area (Å²) in [5.41, 5.74) is -0.501. The van der Waals surface area contributed by atoms with Crippen LogP contribution in [-0.2, 0) is 4.79 Å². The van der Waals surface area contributed by atoms with Crippen LogP contribution in [0.2, 0.25) is 0 Å². The number of phenolic OH excluding ortho intramolecular Hbond substituents is 1. The molecule has 0 atom stereocenters. The summed E-state index contributed by atoms with van der Waals surface area (Å²) in [5.74, 6) is 0.490. The van der Waals surface area contributed by atoms with Crippen molar-refractivity contribution < 1.29 is 14.6 Å².